The highest BCUT2D eigenvalue weighted by Gasteiger charge is 2.28. The van der Waals surface area contributed by atoms with Crippen molar-refractivity contribution in [3.8, 4) is 0 Å². The summed E-state index contributed by atoms with van der Waals surface area (Å²) in [5, 5.41) is 6.12. The van der Waals surface area contributed by atoms with Crippen LogP contribution in [0.1, 0.15) is 19.8 Å². The van der Waals surface area contributed by atoms with Gasteiger partial charge in [0.1, 0.15) is 0 Å². The number of hydrogen-bond donors (Lipinski definition) is 2. The van der Waals surface area contributed by atoms with E-state index in [9.17, 15) is 4.79 Å². The molecule has 0 bridgehead atoms. The minimum Gasteiger partial charge on any atom is -0.379 e. The fraction of sp³-hybridized carbons (Fsp3) is 0.917. The van der Waals surface area contributed by atoms with Gasteiger partial charge in [-0.3, -0.25) is 4.79 Å². The molecule has 2 fully saturated rings. The fourth-order valence-corrected chi connectivity index (χ4v) is 1.82. The number of ether oxygens (including phenoxy) is 1. The summed E-state index contributed by atoms with van der Waals surface area (Å²) in [5.41, 5.74) is 0. The first-order chi connectivity index (χ1) is 7.77. The Labute approximate surface area is 97.1 Å². The van der Waals surface area contributed by atoms with Crippen LogP contribution in [0.4, 0.5) is 0 Å². The standard InChI is InChI=1S/C12H22N2O2/c1-9(11-6-13-7-11)12(15)14-4-5-16-8-10-2-3-10/h9-11,13H,2-8H2,1H3,(H,14,15). The molecule has 16 heavy (non-hydrogen) atoms. The Morgan fingerprint density at radius 1 is 1.50 bits per heavy atom. The van der Waals surface area contributed by atoms with Gasteiger partial charge in [0.15, 0.2) is 0 Å². The quantitative estimate of drug-likeness (QED) is 0.617. The van der Waals surface area contributed by atoms with Crippen molar-refractivity contribution < 1.29 is 9.53 Å². The average Bonchev–Trinajstić information content (AvgIpc) is 2.98. The second-order valence-corrected chi connectivity index (χ2v) is 5.02. The van der Waals surface area contributed by atoms with Gasteiger partial charge in [-0.1, -0.05) is 6.92 Å². The van der Waals surface area contributed by atoms with E-state index >= 15 is 0 Å². The van der Waals surface area contributed by atoms with Crippen LogP contribution in [0.3, 0.4) is 0 Å². The smallest absolute Gasteiger partial charge is 0.223 e. The summed E-state index contributed by atoms with van der Waals surface area (Å²) in [4.78, 5) is 11.7. The van der Waals surface area contributed by atoms with Crippen molar-refractivity contribution in [2.75, 3.05) is 32.8 Å². The number of rotatable bonds is 7. The molecule has 1 amide bonds. The lowest BCUT2D eigenvalue weighted by Crippen LogP contribution is -2.49. The zero-order chi connectivity index (χ0) is 11.4. The van der Waals surface area contributed by atoms with Crippen LogP contribution in [0.25, 0.3) is 0 Å². The molecular weight excluding hydrogens is 204 g/mol. The van der Waals surface area contributed by atoms with E-state index in [4.69, 9.17) is 4.74 Å². The second-order valence-electron chi connectivity index (χ2n) is 5.02. The first-order valence-electron chi connectivity index (χ1n) is 6.33. The lowest BCUT2D eigenvalue weighted by Gasteiger charge is -2.31. The van der Waals surface area contributed by atoms with Crippen molar-refractivity contribution in [2.45, 2.75) is 19.8 Å². The summed E-state index contributed by atoms with van der Waals surface area (Å²) < 4.78 is 5.46. The predicted molar refractivity (Wildman–Crippen MR) is 62.1 cm³/mol. The predicted octanol–water partition coefficient (Wildman–Crippen LogP) is 0.385. The molecule has 1 atom stereocenters. The summed E-state index contributed by atoms with van der Waals surface area (Å²) in [5.74, 6) is 1.62. The Bertz CT molecular complexity index is 237. The number of carbonyl (C=O) groups excluding carboxylic acids is 1. The Morgan fingerprint density at radius 3 is 2.81 bits per heavy atom. The van der Waals surface area contributed by atoms with Crippen LogP contribution in [0.2, 0.25) is 0 Å². The third-order valence-electron chi connectivity index (χ3n) is 3.53. The van der Waals surface area contributed by atoms with Gasteiger partial charge in [-0.25, -0.2) is 0 Å². The van der Waals surface area contributed by atoms with Gasteiger partial charge in [-0.2, -0.15) is 0 Å². The van der Waals surface area contributed by atoms with E-state index in [2.05, 4.69) is 10.6 Å². The molecule has 0 radical (unpaired) electrons. The Hall–Kier alpha value is -0.610. The minimum atomic E-state index is 0.129. The third-order valence-corrected chi connectivity index (χ3v) is 3.53. The van der Waals surface area contributed by atoms with Gasteiger partial charge in [-0.15, -0.1) is 0 Å². The van der Waals surface area contributed by atoms with Crippen LogP contribution in [-0.4, -0.2) is 38.8 Å². The molecule has 1 heterocycles. The summed E-state index contributed by atoms with van der Waals surface area (Å²) in [6.45, 7) is 6.14. The van der Waals surface area contributed by atoms with Gasteiger partial charge in [0.05, 0.1) is 6.61 Å². The molecule has 1 saturated carbocycles. The van der Waals surface area contributed by atoms with Crippen molar-refractivity contribution >= 4 is 5.91 Å². The van der Waals surface area contributed by atoms with E-state index in [0.717, 1.165) is 25.6 Å². The highest BCUT2D eigenvalue weighted by molar-refractivity contribution is 5.78. The van der Waals surface area contributed by atoms with Gasteiger partial charge in [0.25, 0.3) is 0 Å². The second kappa shape index (κ2) is 5.64. The van der Waals surface area contributed by atoms with Crippen LogP contribution in [0.15, 0.2) is 0 Å². The molecule has 4 nitrogen and oxygen atoms in total. The van der Waals surface area contributed by atoms with Gasteiger partial charge in [0, 0.05) is 19.1 Å². The van der Waals surface area contributed by atoms with Crippen LogP contribution in [0, 0.1) is 17.8 Å². The number of amides is 1. The molecule has 2 aliphatic rings. The Morgan fingerprint density at radius 2 is 2.25 bits per heavy atom. The lowest BCUT2D eigenvalue weighted by atomic mass is 9.88. The van der Waals surface area contributed by atoms with Crippen molar-refractivity contribution in [1.82, 2.24) is 10.6 Å². The normalized spacial score (nSPS) is 22.6. The Balaban J connectivity index is 1.48. The molecule has 1 aliphatic heterocycles. The number of hydrogen-bond acceptors (Lipinski definition) is 3. The van der Waals surface area contributed by atoms with Gasteiger partial charge in [-0.05, 0) is 37.8 Å². The molecule has 92 valence electrons. The van der Waals surface area contributed by atoms with Gasteiger partial charge < -0.3 is 15.4 Å². The third kappa shape index (κ3) is 3.46. The van der Waals surface area contributed by atoms with Crippen molar-refractivity contribution in [1.29, 1.82) is 0 Å². The van der Waals surface area contributed by atoms with Crippen LogP contribution in [0.5, 0.6) is 0 Å². The van der Waals surface area contributed by atoms with Crippen molar-refractivity contribution in [3.63, 3.8) is 0 Å². The zero-order valence-corrected chi connectivity index (χ0v) is 10.00. The molecule has 1 aliphatic carbocycles. The maximum Gasteiger partial charge on any atom is 0.223 e. The largest absolute Gasteiger partial charge is 0.379 e. The molecule has 1 saturated heterocycles. The lowest BCUT2D eigenvalue weighted by molar-refractivity contribution is -0.126. The highest BCUT2D eigenvalue weighted by atomic mass is 16.5. The molecular formula is C12H22N2O2. The molecule has 0 aromatic carbocycles. The van der Waals surface area contributed by atoms with E-state index in [-0.39, 0.29) is 11.8 Å². The topological polar surface area (TPSA) is 50.4 Å². The molecule has 2 N–H and O–H groups in total. The molecule has 0 spiro atoms. The first kappa shape index (κ1) is 11.9. The fourth-order valence-electron chi connectivity index (χ4n) is 1.82. The Kier molecular flexibility index (Phi) is 4.18. The first-order valence-corrected chi connectivity index (χ1v) is 6.33. The molecule has 2 rings (SSSR count). The summed E-state index contributed by atoms with van der Waals surface area (Å²) in [6.07, 6.45) is 2.64. The van der Waals surface area contributed by atoms with Crippen LogP contribution in [-0.2, 0) is 9.53 Å². The van der Waals surface area contributed by atoms with E-state index in [1.54, 1.807) is 0 Å². The molecule has 0 aromatic rings. The molecule has 1 unspecified atom stereocenters. The molecule has 4 heteroatoms. The van der Waals surface area contributed by atoms with Gasteiger partial charge in [0.2, 0.25) is 5.91 Å². The SMILES string of the molecule is CC(C(=O)NCCOCC1CC1)C1CNC1. The number of carbonyl (C=O) groups is 1. The zero-order valence-electron chi connectivity index (χ0n) is 10.00. The highest BCUT2D eigenvalue weighted by Crippen LogP contribution is 2.28. The monoisotopic (exact) mass is 226 g/mol. The van der Waals surface area contributed by atoms with E-state index in [1.165, 1.54) is 12.8 Å². The van der Waals surface area contributed by atoms with Crippen molar-refractivity contribution in [2.24, 2.45) is 17.8 Å². The van der Waals surface area contributed by atoms with E-state index < -0.39 is 0 Å². The van der Waals surface area contributed by atoms with Crippen LogP contribution >= 0.6 is 0 Å². The number of nitrogens with one attached hydrogen (secondary N) is 2. The maximum atomic E-state index is 11.7. The van der Waals surface area contributed by atoms with Crippen LogP contribution < -0.4 is 10.6 Å². The summed E-state index contributed by atoms with van der Waals surface area (Å²) in [6, 6.07) is 0. The van der Waals surface area contributed by atoms with Gasteiger partial charge >= 0.3 is 0 Å². The average molecular weight is 226 g/mol. The summed E-state index contributed by atoms with van der Waals surface area (Å²) in [7, 11) is 0. The van der Waals surface area contributed by atoms with E-state index in [1.807, 2.05) is 6.92 Å². The maximum absolute atomic E-state index is 11.7. The van der Waals surface area contributed by atoms with Crippen molar-refractivity contribution in [3.05, 3.63) is 0 Å². The minimum absolute atomic E-state index is 0.129. The summed E-state index contributed by atoms with van der Waals surface area (Å²) >= 11 is 0. The van der Waals surface area contributed by atoms with E-state index in [0.29, 0.717) is 19.1 Å². The molecule has 0 aromatic heterocycles.